The summed E-state index contributed by atoms with van der Waals surface area (Å²) < 4.78 is 26.4. The second-order valence-electron chi connectivity index (χ2n) is 7.89. The minimum atomic E-state index is -0.308. The molecule has 0 fully saturated rings. The van der Waals surface area contributed by atoms with Gasteiger partial charge in [-0.25, -0.2) is 4.39 Å². The van der Waals surface area contributed by atoms with Crippen LogP contribution in [0.3, 0.4) is 0 Å². The molecule has 3 aromatic heterocycles. The Morgan fingerprint density at radius 2 is 1.86 bits per heavy atom. The second-order valence-corrected chi connectivity index (χ2v) is 8.90. The number of unbranched alkanes of at least 4 members (excludes halogenated alkanes) is 1. The highest BCUT2D eigenvalue weighted by Crippen LogP contribution is 2.23. The fraction of sp³-hybridized carbons (Fsp3) is 0.148. The lowest BCUT2D eigenvalue weighted by Gasteiger charge is -2.04. The molecular formula is C27H22FN3O3S. The first-order chi connectivity index (χ1) is 17.1. The molecular weight excluding hydrogens is 465 g/mol. The van der Waals surface area contributed by atoms with Gasteiger partial charge < -0.3 is 9.15 Å². The van der Waals surface area contributed by atoms with Crippen LogP contribution < -0.4 is 14.8 Å². The van der Waals surface area contributed by atoms with Gasteiger partial charge in [0.2, 0.25) is 4.96 Å². The van der Waals surface area contributed by atoms with Crippen LogP contribution in [0.2, 0.25) is 0 Å². The van der Waals surface area contributed by atoms with Crippen LogP contribution in [-0.2, 0) is 0 Å². The molecule has 176 valence electrons. The highest BCUT2D eigenvalue weighted by molar-refractivity contribution is 7.15. The molecule has 0 saturated carbocycles. The van der Waals surface area contributed by atoms with E-state index in [0.717, 1.165) is 29.7 Å². The van der Waals surface area contributed by atoms with E-state index in [-0.39, 0.29) is 11.4 Å². The highest BCUT2D eigenvalue weighted by Gasteiger charge is 2.10. The molecule has 5 rings (SSSR count). The molecule has 6 nitrogen and oxygen atoms in total. The number of aromatic nitrogens is 3. The van der Waals surface area contributed by atoms with Crippen LogP contribution in [0.4, 0.5) is 4.39 Å². The topological polar surface area (TPSA) is 69.6 Å². The molecule has 0 bridgehead atoms. The molecule has 0 aliphatic carbocycles. The molecule has 2 aromatic carbocycles. The van der Waals surface area contributed by atoms with Crippen LogP contribution in [0.5, 0.6) is 5.75 Å². The van der Waals surface area contributed by atoms with Gasteiger partial charge in [-0.2, -0.15) is 9.50 Å². The molecule has 0 aliphatic heterocycles. The van der Waals surface area contributed by atoms with Crippen molar-refractivity contribution in [3.63, 3.8) is 0 Å². The molecule has 3 heterocycles. The maximum Gasteiger partial charge on any atom is 0.291 e. The van der Waals surface area contributed by atoms with Crippen molar-refractivity contribution in [1.29, 1.82) is 0 Å². The lowest BCUT2D eigenvalue weighted by molar-refractivity contribution is 0.309. The van der Waals surface area contributed by atoms with Crippen molar-refractivity contribution in [3.8, 4) is 17.1 Å². The normalized spacial score (nSPS) is 12.2. The zero-order chi connectivity index (χ0) is 24.2. The SMILES string of the molecule is CCCCOc1ccc(/C=C/c2nc3s/c(=C\c4ccc(-c5ccc(F)cc5)o4)c(=O)n3n2)cc1. The van der Waals surface area contributed by atoms with Gasteiger partial charge in [-0.05, 0) is 66.6 Å². The van der Waals surface area contributed by atoms with Crippen molar-refractivity contribution in [1.82, 2.24) is 14.6 Å². The van der Waals surface area contributed by atoms with E-state index in [0.29, 0.717) is 33.4 Å². The quantitative estimate of drug-likeness (QED) is 0.272. The number of ether oxygens (including phenoxy) is 1. The first kappa shape index (κ1) is 22.7. The van der Waals surface area contributed by atoms with Crippen molar-refractivity contribution in [2.24, 2.45) is 0 Å². The lowest BCUT2D eigenvalue weighted by Crippen LogP contribution is -2.23. The van der Waals surface area contributed by atoms with E-state index in [2.05, 4.69) is 17.0 Å². The van der Waals surface area contributed by atoms with Crippen molar-refractivity contribution < 1.29 is 13.5 Å². The van der Waals surface area contributed by atoms with Gasteiger partial charge in [0.15, 0.2) is 5.82 Å². The molecule has 0 aliphatic rings. The predicted octanol–water partition coefficient (Wildman–Crippen LogP) is 5.45. The third kappa shape index (κ3) is 5.22. The van der Waals surface area contributed by atoms with E-state index in [1.54, 1.807) is 36.4 Å². The molecule has 0 radical (unpaired) electrons. The number of fused-ring (bicyclic) bond motifs is 1. The Bertz CT molecular complexity index is 1580. The Morgan fingerprint density at radius 1 is 1.06 bits per heavy atom. The standard InChI is InChI=1S/C27H22FN3O3S/c1-2-3-16-33-21-11-4-18(5-12-21)6-15-25-29-27-31(30-25)26(32)24(35-27)17-22-13-14-23(34-22)19-7-9-20(28)10-8-19/h4-15,17H,2-3,16H2,1H3/b15-6+,24-17-. The molecule has 0 unspecified atom stereocenters. The Balaban J connectivity index is 1.32. The summed E-state index contributed by atoms with van der Waals surface area (Å²) in [6.45, 7) is 2.85. The molecule has 0 amide bonds. The third-order valence-electron chi connectivity index (χ3n) is 5.30. The van der Waals surface area contributed by atoms with Crippen molar-refractivity contribution >= 4 is 34.5 Å². The number of halogens is 1. The zero-order valence-electron chi connectivity index (χ0n) is 19.0. The maximum atomic E-state index is 13.1. The number of nitrogens with zero attached hydrogens (tertiary/aromatic N) is 3. The fourth-order valence-electron chi connectivity index (χ4n) is 3.43. The summed E-state index contributed by atoms with van der Waals surface area (Å²) in [6, 6.07) is 17.4. The lowest BCUT2D eigenvalue weighted by atomic mass is 10.2. The van der Waals surface area contributed by atoms with Gasteiger partial charge >= 0.3 is 0 Å². The van der Waals surface area contributed by atoms with Gasteiger partial charge in [-0.15, -0.1) is 5.10 Å². The largest absolute Gasteiger partial charge is 0.494 e. The van der Waals surface area contributed by atoms with E-state index in [1.807, 2.05) is 30.3 Å². The summed E-state index contributed by atoms with van der Waals surface area (Å²) in [5, 5.41) is 4.32. The zero-order valence-corrected chi connectivity index (χ0v) is 19.8. The third-order valence-corrected chi connectivity index (χ3v) is 6.26. The Morgan fingerprint density at radius 3 is 2.60 bits per heavy atom. The van der Waals surface area contributed by atoms with Crippen LogP contribution in [0.1, 0.15) is 36.9 Å². The number of rotatable bonds is 8. The Hall–Kier alpha value is -4.04. The molecule has 35 heavy (non-hydrogen) atoms. The summed E-state index contributed by atoms with van der Waals surface area (Å²) >= 11 is 1.24. The summed E-state index contributed by atoms with van der Waals surface area (Å²) in [4.78, 5) is 17.8. The molecule has 0 atom stereocenters. The van der Waals surface area contributed by atoms with Crippen molar-refractivity contribution in [2.75, 3.05) is 6.61 Å². The highest BCUT2D eigenvalue weighted by atomic mass is 32.1. The summed E-state index contributed by atoms with van der Waals surface area (Å²) in [6.07, 6.45) is 7.46. The van der Waals surface area contributed by atoms with E-state index >= 15 is 0 Å². The summed E-state index contributed by atoms with van der Waals surface area (Å²) in [5.41, 5.74) is 1.48. The Kier molecular flexibility index (Phi) is 6.54. The number of furan rings is 1. The minimum absolute atomic E-state index is 0.259. The van der Waals surface area contributed by atoms with Gasteiger partial charge in [0.05, 0.1) is 6.61 Å². The molecule has 8 heteroatoms. The average Bonchev–Trinajstić information content (AvgIpc) is 3.57. The van der Waals surface area contributed by atoms with Gasteiger partial charge in [0, 0.05) is 11.6 Å². The van der Waals surface area contributed by atoms with Crippen LogP contribution in [0, 0.1) is 5.82 Å². The number of thiazole rings is 1. The van der Waals surface area contributed by atoms with E-state index in [4.69, 9.17) is 9.15 Å². The number of benzene rings is 2. The van der Waals surface area contributed by atoms with Crippen LogP contribution in [0.15, 0.2) is 69.9 Å². The summed E-state index contributed by atoms with van der Waals surface area (Å²) in [5.74, 6) is 2.11. The molecule has 0 spiro atoms. The summed E-state index contributed by atoms with van der Waals surface area (Å²) in [7, 11) is 0. The predicted molar refractivity (Wildman–Crippen MR) is 136 cm³/mol. The average molecular weight is 488 g/mol. The monoisotopic (exact) mass is 487 g/mol. The van der Waals surface area contributed by atoms with Gasteiger partial charge in [-0.3, -0.25) is 4.79 Å². The van der Waals surface area contributed by atoms with E-state index in [9.17, 15) is 9.18 Å². The fourth-order valence-corrected chi connectivity index (χ4v) is 4.32. The van der Waals surface area contributed by atoms with Crippen molar-refractivity contribution in [2.45, 2.75) is 19.8 Å². The number of hydrogen-bond donors (Lipinski definition) is 0. The molecule has 0 N–H and O–H groups in total. The maximum absolute atomic E-state index is 13.1. The van der Waals surface area contributed by atoms with Gasteiger partial charge in [0.25, 0.3) is 5.56 Å². The van der Waals surface area contributed by atoms with Gasteiger partial charge in [-0.1, -0.05) is 42.9 Å². The van der Waals surface area contributed by atoms with E-state index in [1.165, 1.54) is 28.0 Å². The first-order valence-corrected chi connectivity index (χ1v) is 12.1. The van der Waals surface area contributed by atoms with Crippen molar-refractivity contribution in [3.05, 3.63) is 98.5 Å². The first-order valence-electron chi connectivity index (χ1n) is 11.3. The molecule has 5 aromatic rings. The van der Waals surface area contributed by atoms with E-state index < -0.39 is 0 Å². The molecule has 0 saturated heterocycles. The number of hydrogen-bond acceptors (Lipinski definition) is 6. The van der Waals surface area contributed by atoms with Crippen LogP contribution in [0.25, 0.3) is 34.5 Å². The second kappa shape index (κ2) is 10.1. The van der Waals surface area contributed by atoms with Crippen LogP contribution >= 0.6 is 11.3 Å². The van der Waals surface area contributed by atoms with Crippen LogP contribution in [-0.4, -0.2) is 21.2 Å². The Labute approximate surface area is 204 Å². The van der Waals surface area contributed by atoms with Gasteiger partial charge in [0.1, 0.15) is 27.6 Å². The smallest absolute Gasteiger partial charge is 0.291 e. The minimum Gasteiger partial charge on any atom is -0.494 e.